The van der Waals surface area contributed by atoms with Gasteiger partial charge in [-0.05, 0) is 24.1 Å². The van der Waals surface area contributed by atoms with E-state index in [4.69, 9.17) is 4.74 Å². The van der Waals surface area contributed by atoms with E-state index in [1.54, 1.807) is 13.2 Å². The van der Waals surface area contributed by atoms with Crippen LogP contribution in [-0.4, -0.2) is 29.5 Å². The quantitative estimate of drug-likeness (QED) is 0.692. The number of carbonyl (C=O) groups is 1. The van der Waals surface area contributed by atoms with E-state index in [0.29, 0.717) is 24.6 Å². The standard InChI is InChI=1S/C18H24N4O2/c1-3-4-5-10-19-18(23)16-11-17(22-13-21-16)20-12-14-6-8-15(24-2)9-7-14/h6-9,11,13H,3-5,10,12H2,1-2H3,(H,19,23)(H,20,21,22). The topological polar surface area (TPSA) is 76.1 Å². The Hall–Kier alpha value is -2.63. The number of anilines is 1. The minimum Gasteiger partial charge on any atom is -0.497 e. The molecule has 6 heteroatoms. The summed E-state index contributed by atoms with van der Waals surface area (Å²) in [5, 5.41) is 6.07. The number of carbonyl (C=O) groups excluding carboxylic acids is 1. The molecule has 1 heterocycles. The Bertz CT molecular complexity index is 644. The molecular weight excluding hydrogens is 304 g/mol. The van der Waals surface area contributed by atoms with Gasteiger partial charge in [0, 0.05) is 19.2 Å². The van der Waals surface area contributed by atoms with Crippen molar-refractivity contribution in [3.8, 4) is 5.75 Å². The van der Waals surface area contributed by atoms with Gasteiger partial charge in [-0.15, -0.1) is 0 Å². The third-order valence-corrected chi connectivity index (χ3v) is 3.60. The van der Waals surface area contributed by atoms with Crippen LogP contribution in [-0.2, 0) is 6.54 Å². The molecule has 1 aromatic carbocycles. The minimum atomic E-state index is -0.166. The maximum atomic E-state index is 12.1. The molecule has 0 fully saturated rings. The van der Waals surface area contributed by atoms with Crippen LogP contribution in [0.2, 0.25) is 0 Å². The van der Waals surface area contributed by atoms with Crippen molar-refractivity contribution >= 4 is 11.7 Å². The fraction of sp³-hybridized carbons (Fsp3) is 0.389. The van der Waals surface area contributed by atoms with E-state index in [9.17, 15) is 4.79 Å². The molecule has 1 amide bonds. The summed E-state index contributed by atoms with van der Waals surface area (Å²) in [6.45, 7) is 3.41. The summed E-state index contributed by atoms with van der Waals surface area (Å²) in [5.41, 5.74) is 1.47. The van der Waals surface area contributed by atoms with Crippen molar-refractivity contribution < 1.29 is 9.53 Å². The minimum absolute atomic E-state index is 0.166. The zero-order valence-corrected chi connectivity index (χ0v) is 14.2. The fourth-order valence-corrected chi connectivity index (χ4v) is 2.18. The van der Waals surface area contributed by atoms with Gasteiger partial charge in [-0.2, -0.15) is 0 Å². The van der Waals surface area contributed by atoms with E-state index in [1.807, 2.05) is 24.3 Å². The fourth-order valence-electron chi connectivity index (χ4n) is 2.18. The van der Waals surface area contributed by atoms with E-state index in [2.05, 4.69) is 27.5 Å². The number of hydrogen-bond acceptors (Lipinski definition) is 5. The summed E-state index contributed by atoms with van der Waals surface area (Å²) in [4.78, 5) is 20.3. The van der Waals surface area contributed by atoms with E-state index >= 15 is 0 Å². The Kier molecular flexibility index (Phi) is 7.01. The number of nitrogens with zero attached hydrogens (tertiary/aromatic N) is 2. The zero-order chi connectivity index (χ0) is 17.2. The van der Waals surface area contributed by atoms with Crippen LogP contribution in [0, 0.1) is 0 Å². The summed E-state index contributed by atoms with van der Waals surface area (Å²) in [5.74, 6) is 1.28. The summed E-state index contributed by atoms with van der Waals surface area (Å²) >= 11 is 0. The predicted octanol–water partition coefficient (Wildman–Crippen LogP) is 3.02. The van der Waals surface area contributed by atoms with Gasteiger partial charge in [-0.1, -0.05) is 31.9 Å². The average molecular weight is 328 g/mol. The van der Waals surface area contributed by atoms with Crippen molar-refractivity contribution in [3.63, 3.8) is 0 Å². The van der Waals surface area contributed by atoms with Crippen LogP contribution in [0.15, 0.2) is 36.7 Å². The second-order valence-electron chi connectivity index (χ2n) is 5.45. The van der Waals surface area contributed by atoms with E-state index in [0.717, 1.165) is 30.6 Å². The van der Waals surface area contributed by atoms with Crippen LogP contribution in [0.4, 0.5) is 5.82 Å². The van der Waals surface area contributed by atoms with Gasteiger partial charge in [-0.3, -0.25) is 4.79 Å². The normalized spacial score (nSPS) is 10.2. The van der Waals surface area contributed by atoms with Gasteiger partial charge in [0.05, 0.1) is 7.11 Å². The van der Waals surface area contributed by atoms with Crippen LogP contribution in [0.1, 0.15) is 42.2 Å². The highest BCUT2D eigenvalue weighted by Crippen LogP contribution is 2.13. The highest BCUT2D eigenvalue weighted by atomic mass is 16.5. The van der Waals surface area contributed by atoms with Crippen molar-refractivity contribution in [1.82, 2.24) is 15.3 Å². The number of methoxy groups -OCH3 is 1. The van der Waals surface area contributed by atoms with Gasteiger partial charge in [0.1, 0.15) is 23.6 Å². The van der Waals surface area contributed by atoms with Crippen molar-refractivity contribution in [2.24, 2.45) is 0 Å². The molecule has 0 spiro atoms. The average Bonchev–Trinajstić information content (AvgIpc) is 2.64. The third kappa shape index (κ3) is 5.53. The van der Waals surface area contributed by atoms with Gasteiger partial charge in [0.2, 0.25) is 0 Å². The number of aromatic nitrogens is 2. The molecule has 6 nitrogen and oxygen atoms in total. The molecule has 0 radical (unpaired) electrons. The zero-order valence-electron chi connectivity index (χ0n) is 14.2. The molecule has 1 aromatic heterocycles. The van der Waals surface area contributed by atoms with Crippen LogP contribution >= 0.6 is 0 Å². The Morgan fingerprint density at radius 3 is 2.67 bits per heavy atom. The predicted molar refractivity (Wildman–Crippen MR) is 94.2 cm³/mol. The monoisotopic (exact) mass is 328 g/mol. The van der Waals surface area contributed by atoms with Crippen molar-refractivity contribution in [2.45, 2.75) is 32.7 Å². The summed E-state index contributed by atoms with van der Waals surface area (Å²) in [7, 11) is 1.64. The van der Waals surface area contributed by atoms with Gasteiger partial charge in [0.25, 0.3) is 5.91 Å². The molecule has 0 saturated carbocycles. The molecule has 0 saturated heterocycles. The number of amides is 1. The Morgan fingerprint density at radius 1 is 1.17 bits per heavy atom. The van der Waals surface area contributed by atoms with Gasteiger partial charge in [0.15, 0.2) is 0 Å². The second kappa shape index (κ2) is 9.50. The van der Waals surface area contributed by atoms with E-state index in [-0.39, 0.29) is 5.91 Å². The van der Waals surface area contributed by atoms with Crippen LogP contribution in [0.5, 0.6) is 5.75 Å². The highest BCUT2D eigenvalue weighted by molar-refractivity contribution is 5.92. The lowest BCUT2D eigenvalue weighted by atomic mass is 10.2. The summed E-state index contributed by atoms with van der Waals surface area (Å²) in [6, 6.07) is 9.44. The number of nitrogens with one attached hydrogen (secondary N) is 2. The number of rotatable bonds is 9. The van der Waals surface area contributed by atoms with Crippen LogP contribution in [0.3, 0.4) is 0 Å². The molecular formula is C18H24N4O2. The van der Waals surface area contributed by atoms with E-state index < -0.39 is 0 Å². The smallest absolute Gasteiger partial charge is 0.270 e. The molecule has 2 N–H and O–H groups in total. The molecule has 0 aliphatic heterocycles. The first kappa shape index (κ1) is 17.7. The van der Waals surface area contributed by atoms with Crippen molar-refractivity contribution in [1.29, 1.82) is 0 Å². The third-order valence-electron chi connectivity index (χ3n) is 3.60. The number of hydrogen-bond donors (Lipinski definition) is 2. The van der Waals surface area contributed by atoms with Crippen LogP contribution in [0.25, 0.3) is 0 Å². The molecule has 0 aliphatic carbocycles. The van der Waals surface area contributed by atoms with E-state index in [1.165, 1.54) is 6.33 Å². The molecule has 24 heavy (non-hydrogen) atoms. The molecule has 2 aromatic rings. The van der Waals surface area contributed by atoms with Crippen molar-refractivity contribution in [2.75, 3.05) is 19.0 Å². The first-order valence-corrected chi connectivity index (χ1v) is 8.20. The SMILES string of the molecule is CCCCCNC(=O)c1cc(NCc2ccc(OC)cc2)ncn1. The largest absolute Gasteiger partial charge is 0.497 e. The Morgan fingerprint density at radius 2 is 1.96 bits per heavy atom. The molecule has 0 aliphatic rings. The first-order valence-electron chi connectivity index (χ1n) is 8.20. The van der Waals surface area contributed by atoms with Crippen LogP contribution < -0.4 is 15.4 Å². The first-order chi connectivity index (χ1) is 11.7. The molecule has 128 valence electrons. The number of unbranched alkanes of at least 4 members (excludes halogenated alkanes) is 2. The van der Waals surface area contributed by atoms with Gasteiger partial charge in [-0.25, -0.2) is 9.97 Å². The summed E-state index contributed by atoms with van der Waals surface area (Å²) in [6.07, 6.45) is 4.62. The lowest BCUT2D eigenvalue weighted by Gasteiger charge is -2.08. The maximum Gasteiger partial charge on any atom is 0.270 e. The molecule has 0 atom stereocenters. The number of benzene rings is 1. The second-order valence-corrected chi connectivity index (χ2v) is 5.45. The summed E-state index contributed by atoms with van der Waals surface area (Å²) < 4.78 is 5.14. The lowest BCUT2D eigenvalue weighted by molar-refractivity contribution is 0.0948. The number of ether oxygens (including phenoxy) is 1. The highest BCUT2D eigenvalue weighted by Gasteiger charge is 2.08. The molecule has 0 bridgehead atoms. The lowest BCUT2D eigenvalue weighted by Crippen LogP contribution is -2.25. The maximum absolute atomic E-state index is 12.1. The Balaban J connectivity index is 1.88. The van der Waals surface area contributed by atoms with Gasteiger partial charge >= 0.3 is 0 Å². The van der Waals surface area contributed by atoms with Gasteiger partial charge < -0.3 is 15.4 Å². The molecule has 0 unspecified atom stereocenters. The Labute approximate surface area is 142 Å². The van der Waals surface area contributed by atoms with Crippen molar-refractivity contribution in [3.05, 3.63) is 47.9 Å². The molecule has 2 rings (SSSR count).